The quantitative estimate of drug-likeness (QED) is 0.650. The van der Waals surface area contributed by atoms with Crippen LogP contribution in [0.5, 0.6) is 0 Å². The van der Waals surface area contributed by atoms with Gasteiger partial charge in [-0.25, -0.2) is 0 Å². The van der Waals surface area contributed by atoms with Crippen LogP contribution in [0.1, 0.15) is 5.56 Å². The van der Waals surface area contributed by atoms with Crippen molar-refractivity contribution in [1.82, 2.24) is 4.98 Å². The summed E-state index contributed by atoms with van der Waals surface area (Å²) in [5, 5.41) is 1.13. The number of aryl methyl sites for hydroxylation is 1. The number of nitrogens with two attached hydrogens (primary N) is 1. The molecule has 0 radical (unpaired) electrons. The van der Waals surface area contributed by atoms with Gasteiger partial charge in [0.05, 0.1) is 5.52 Å². The fourth-order valence-corrected chi connectivity index (χ4v) is 2.19. The molecule has 88 valence electrons. The topological polar surface area (TPSA) is 38.9 Å². The fourth-order valence-electron chi connectivity index (χ4n) is 2.19. The number of nitrogens with zero attached hydrogens (tertiary/aromatic N) is 1. The van der Waals surface area contributed by atoms with Gasteiger partial charge >= 0.3 is 0 Å². The van der Waals surface area contributed by atoms with Crippen LogP contribution in [0.3, 0.4) is 0 Å². The summed E-state index contributed by atoms with van der Waals surface area (Å²) in [4.78, 5) is 4.32. The lowest BCUT2D eigenvalue weighted by molar-refractivity contribution is 1.41. The molecule has 1 heterocycles. The number of fused-ring (bicyclic) bond motifs is 1. The Balaban J connectivity index is 2.19. The minimum atomic E-state index is 0.818. The van der Waals surface area contributed by atoms with E-state index in [1.807, 2.05) is 31.3 Å². The van der Waals surface area contributed by atoms with Crippen LogP contribution < -0.4 is 5.73 Å². The summed E-state index contributed by atoms with van der Waals surface area (Å²) in [6, 6.07) is 16.4. The zero-order valence-electron chi connectivity index (χ0n) is 10.2. The molecule has 0 unspecified atom stereocenters. The molecule has 0 aliphatic heterocycles. The molecule has 0 aliphatic carbocycles. The molecule has 1 aromatic heterocycles. The van der Waals surface area contributed by atoms with E-state index in [2.05, 4.69) is 35.3 Å². The van der Waals surface area contributed by atoms with E-state index < -0.39 is 0 Å². The van der Waals surface area contributed by atoms with E-state index in [-0.39, 0.29) is 0 Å². The molecule has 0 saturated carbocycles. The predicted molar refractivity (Wildman–Crippen MR) is 76.3 cm³/mol. The summed E-state index contributed by atoms with van der Waals surface area (Å²) < 4.78 is 0. The minimum absolute atomic E-state index is 0.818. The average Bonchev–Trinajstić information content (AvgIpc) is 2.38. The van der Waals surface area contributed by atoms with E-state index >= 15 is 0 Å². The van der Waals surface area contributed by atoms with E-state index in [4.69, 9.17) is 5.73 Å². The molecule has 18 heavy (non-hydrogen) atoms. The summed E-state index contributed by atoms with van der Waals surface area (Å²) in [6.45, 7) is 2.05. The maximum Gasteiger partial charge on any atom is 0.0702 e. The standard InChI is InChI=1S/C16H14N2/c1-11-4-6-14(15(17)9-11)12-5-7-16-13(10-12)3-2-8-18-16/h2-10H,17H2,1H3. The van der Waals surface area contributed by atoms with Gasteiger partial charge < -0.3 is 5.73 Å². The van der Waals surface area contributed by atoms with Crippen LogP contribution in [0.2, 0.25) is 0 Å². The van der Waals surface area contributed by atoms with Crippen molar-refractivity contribution in [2.45, 2.75) is 6.92 Å². The Morgan fingerprint density at radius 1 is 1.00 bits per heavy atom. The fraction of sp³-hybridized carbons (Fsp3) is 0.0625. The highest BCUT2D eigenvalue weighted by molar-refractivity contribution is 5.87. The van der Waals surface area contributed by atoms with Crippen LogP contribution in [-0.4, -0.2) is 4.98 Å². The maximum atomic E-state index is 6.08. The molecule has 2 N–H and O–H groups in total. The molecule has 2 heteroatoms. The smallest absolute Gasteiger partial charge is 0.0702 e. The first-order valence-corrected chi connectivity index (χ1v) is 5.95. The lowest BCUT2D eigenvalue weighted by atomic mass is 10.0. The van der Waals surface area contributed by atoms with Gasteiger partial charge in [0.25, 0.3) is 0 Å². The second-order valence-corrected chi connectivity index (χ2v) is 4.50. The molecule has 2 aromatic carbocycles. The lowest BCUT2D eigenvalue weighted by Crippen LogP contribution is -1.91. The zero-order chi connectivity index (χ0) is 12.5. The maximum absolute atomic E-state index is 6.08. The lowest BCUT2D eigenvalue weighted by Gasteiger charge is -2.08. The van der Waals surface area contributed by atoms with Crippen molar-refractivity contribution >= 4 is 16.6 Å². The highest BCUT2D eigenvalue weighted by atomic mass is 14.6. The Morgan fingerprint density at radius 3 is 2.72 bits per heavy atom. The third-order valence-corrected chi connectivity index (χ3v) is 3.12. The molecule has 3 aromatic rings. The molecule has 0 fully saturated rings. The van der Waals surface area contributed by atoms with Crippen molar-refractivity contribution in [1.29, 1.82) is 0 Å². The number of hydrogen-bond acceptors (Lipinski definition) is 2. The van der Waals surface area contributed by atoms with Crippen LogP contribution >= 0.6 is 0 Å². The SMILES string of the molecule is Cc1ccc(-c2ccc3ncccc3c2)c(N)c1. The number of nitrogen functional groups attached to an aromatic ring is 1. The van der Waals surface area contributed by atoms with Crippen molar-refractivity contribution < 1.29 is 0 Å². The first kappa shape index (κ1) is 10.8. The van der Waals surface area contributed by atoms with Gasteiger partial charge in [0, 0.05) is 22.8 Å². The van der Waals surface area contributed by atoms with Gasteiger partial charge in [-0.15, -0.1) is 0 Å². The highest BCUT2D eigenvalue weighted by Crippen LogP contribution is 2.28. The zero-order valence-corrected chi connectivity index (χ0v) is 10.2. The van der Waals surface area contributed by atoms with Gasteiger partial charge in [-0.3, -0.25) is 4.98 Å². The molecule has 2 nitrogen and oxygen atoms in total. The largest absolute Gasteiger partial charge is 0.398 e. The summed E-state index contributed by atoms with van der Waals surface area (Å²) in [7, 11) is 0. The van der Waals surface area contributed by atoms with Crippen LogP contribution in [0.4, 0.5) is 5.69 Å². The number of pyridine rings is 1. The Kier molecular flexibility index (Phi) is 2.49. The average molecular weight is 234 g/mol. The van der Waals surface area contributed by atoms with Crippen molar-refractivity contribution in [2.75, 3.05) is 5.73 Å². The third-order valence-electron chi connectivity index (χ3n) is 3.12. The van der Waals surface area contributed by atoms with Crippen LogP contribution in [0, 0.1) is 6.92 Å². The first-order valence-electron chi connectivity index (χ1n) is 5.95. The molecule has 0 aliphatic rings. The highest BCUT2D eigenvalue weighted by Gasteiger charge is 2.04. The van der Waals surface area contributed by atoms with Gasteiger partial charge in [-0.05, 0) is 42.3 Å². The summed E-state index contributed by atoms with van der Waals surface area (Å²) in [6.07, 6.45) is 1.81. The second-order valence-electron chi connectivity index (χ2n) is 4.50. The number of benzene rings is 2. The van der Waals surface area contributed by atoms with Gasteiger partial charge in [0.2, 0.25) is 0 Å². The minimum Gasteiger partial charge on any atom is -0.398 e. The summed E-state index contributed by atoms with van der Waals surface area (Å²) in [5.41, 5.74) is 11.3. The van der Waals surface area contributed by atoms with Gasteiger partial charge in [-0.2, -0.15) is 0 Å². The van der Waals surface area contributed by atoms with Crippen molar-refractivity contribution in [2.24, 2.45) is 0 Å². The van der Waals surface area contributed by atoms with Crippen molar-refractivity contribution in [3.63, 3.8) is 0 Å². The number of aromatic nitrogens is 1. The van der Waals surface area contributed by atoms with E-state index in [0.717, 1.165) is 27.7 Å². The monoisotopic (exact) mass is 234 g/mol. The molecule has 0 amide bonds. The predicted octanol–water partition coefficient (Wildman–Crippen LogP) is 3.79. The Bertz CT molecular complexity index is 717. The van der Waals surface area contributed by atoms with Crippen LogP contribution in [0.25, 0.3) is 22.0 Å². The van der Waals surface area contributed by atoms with E-state index in [0.29, 0.717) is 0 Å². The number of rotatable bonds is 1. The third kappa shape index (κ3) is 1.82. The molecular formula is C16H14N2. The van der Waals surface area contributed by atoms with Crippen molar-refractivity contribution in [3.05, 3.63) is 60.3 Å². The summed E-state index contributed by atoms with van der Waals surface area (Å²) in [5.74, 6) is 0. The van der Waals surface area contributed by atoms with E-state index in [1.165, 1.54) is 5.56 Å². The molecule has 0 atom stereocenters. The first-order chi connectivity index (χ1) is 8.74. The van der Waals surface area contributed by atoms with Gasteiger partial charge in [0.1, 0.15) is 0 Å². The molecule has 0 saturated heterocycles. The Hall–Kier alpha value is -2.35. The molecular weight excluding hydrogens is 220 g/mol. The second kappa shape index (κ2) is 4.15. The normalized spacial score (nSPS) is 10.7. The number of anilines is 1. The Morgan fingerprint density at radius 2 is 1.89 bits per heavy atom. The van der Waals surface area contributed by atoms with E-state index in [9.17, 15) is 0 Å². The molecule has 0 bridgehead atoms. The summed E-state index contributed by atoms with van der Waals surface area (Å²) >= 11 is 0. The van der Waals surface area contributed by atoms with E-state index in [1.54, 1.807) is 0 Å². The molecule has 3 rings (SSSR count). The van der Waals surface area contributed by atoms with Crippen LogP contribution in [0.15, 0.2) is 54.7 Å². The van der Waals surface area contributed by atoms with Gasteiger partial charge in [0.15, 0.2) is 0 Å². The van der Waals surface area contributed by atoms with Gasteiger partial charge in [-0.1, -0.05) is 24.3 Å². The molecule has 0 spiro atoms. The Labute approximate surface area is 106 Å². The van der Waals surface area contributed by atoms with Crippen molar-refractivity contribution in [3.8, 4) is 11.1 Å². The van der Waals surface area contributed by atoms with Crippen LogP contribution in [-0.2, 0) is 0 Å². The number of hydrogen-bond donors (Lipinski definition) is 1.